The van der Waals surface area contributed by atoms with Gasteiger partial charge in [0.05, 0.1) is 6.61 Å². The Bertz CT molecular complexity index is 152. The molecular formula is C10H19NO. The minimum absolute atomic E-state index is 0.565. The molecule has 2 saturated heterocycles. The van der Waals surface area contributed by atoms with Gasteiger partial charge in [0.15, 0.2) is 0 Å². The summed E-state index contributed by atoms with van der Waals surface area (Å²) in [6, 6.07) is 0. The molecule has 2 rings (SSSR count). The van der Waals surface area contributed by atoms with E-state index in [1.807, 2.05) is 0 Å². The van der Waals surface area contributed by atoms with Gasteiger partial charge in [-0.3, -0.25) is 0 Å². The monoisotopic (exact) mass is 169 g/mol. The van der Waals surface area contributed by atoms with Crippen LogP contribution in [0.25, 0.3) is 0 Å². The van der Waals surface area contributed by atoms with Crippen LogP contribution in [0.3, 0.4) is 0 Å². The predicted octanol–water partition coefficient (Wildman–Crippen LogP) is 1.51. The number of likely N-dealkylation sites (tertiary alicyclic amines) is 1. The fraction of sp³-hybridized carbons (Fsp3) is 1.00. The SMILES string of the molecule is CCCN1CCC2(CCOC2)C1. The van der Waals surface area contributed by atoms with Crippen molar-refractivity contribution in [3.63, 3.8) is 0 Å². The van der Waals surface area contributed by atoms with Crippen molar-refractivity contribution in [2.75, 3.05) is 32.8 Å². The standard InChI is InChI=1S/C10H19NO/c1-2-5-11-6-3-10(8-11)4-7-12-9-10/h2-9H2,1H3. The van der Waals surface area contributed by atoms with Crippen LogP contribution in [0.15, 0.2) is 0 Å². The summed E-state index contributed by atoms with van der Waals surface area (Å²) in [6.07, 6.45) is 3.96. The Morgan fingerprint density at radius 3 is 3.00 bits per heavy atom. The molecular weight excluding hydrogens is 150 g/mol. The average molecular weight is 169 g/mol. The zero-order valence-electron chi connectivity index (χ0n) is 8.01. The molecule has 0 radical (unpaired) electrons. The van der Waals surface area contributed by atoms with Gasteiger partial charge in [-0.15, -0.1) is 0 Å². The van der Waals surface area contributed by atoms with E-state index in [-0.39, 0.29) is 0 Å². The lowest BCUT2D eigenvalue weighted by Gasteiger charge is -2.21. The molecule has 0 saturated carbocycles. The number of rotatable bonds is 2. The lowest BCUT2D eigenvalue weighted by atomic mass is 9.87. The van der Waals surface area contributed by atoms with Gasteiger partial charge in [-0.1, -0.05) is 6.92 Å². The number of ether oxygens (including phenoxy) is 1. The topological polar surface area (TPSA) is 12.5 Å². The van der Waals surface area contributed by atoms with Crippen molar-refractivity contribution >= 4 is 0 Å². The maximum absolute atomic E-state index is 5.48. The minimum Gasteiger partial charge on any atom is -0.381 e. The molecule has 2 aliphatic rings. The summed E-state index contributed by atoms with van der Waals surface area (Å²) in [4.78, 5) is 2.59. The third-order valence-electron chi connectivity index (χ3n) is 3.24. The summed E-state index contributed by atoms with van der Waals surface area (Å²) >= 11 is 0. The highest BCUT2D eigenvalue weighted by atomic mass is 16.5. The third kappa shape index (κ3) is 1.50. The van der Waals surface area contributed by atoms with E-state index >= 15 is 0 Å². The molecule has 2 nitrogen and oxygen atoms in total. The fourth-order valence-corrected chi connectivity index (χ4v) is 2.51. The Kier molecular flexibility index (Phi) is 2.37. The first-order valence-corrected chi connectivity index (χ1v) is 5.15. The second-order valence-electron chi connectivity index (χ2n) is 4.33. The minimum atomic E-state index is 0.565. The van der Waals surface area contributed by atoms with Crippen molar-refractivity contribution in [3.8, 4) is 0 Å². The largest absolute Gasteiger partial charge is 0.381 e. The van der Waals surface area contributed by atoms with Crippen LogP contribution in [-0.4, -0.2) is 37.7 Å². The zero-order chi connectivity index (χ0) is 8.44. The van der Waals surface area contributed by atoms with Crippen LogP contribution in [0.4, 0.5) is 0 Å². The molecule has 70 valence electrons. The molecule has 1 unspecified atom stereocenters. The average Bonchev–Trinajstić information content (AvgIpc) is 2.65. The Morgan fingerprint density at radius 1 is 1.42 bits per heavy atom. The van der Waals surface area contributed by atoms with Crippen LogP contribution >= 0.6 is 0 Å². The van der Waals surface area contributed by atoms with Crippen molar-refractivity contribution in [3.05, 3.63) is 0 Å². The Balaban J connectivity index is 1.88. The van der Waals surface area contributed by atoms with Crippen LogP contribution < -0.4 is 0 Å². The van der Waals surface area contributed by atoms with Crippen LogP contribution in [-0.2, 0) is 4.74 Å². The summed E-state index contributed by atoms with van der Waals surface area (Å²) < 4.78 is 5.48. The molecule has 0 amide bonds. The molecule has 2 heterocycles. The lowest BCUT2D eigenvalue weighted by molar-refractivity contribution is 0.152. The Morgan fingerprint density at radius 2 is 2.33 bits per heavy atom. The third-order valence-corrected chi connectivity index (χ3v) is 3.24. The molecule has 0 bridgehead atoms. The molecule has 0 N–H and O–H groups in total. The first-order chi connectivity index (χ1) is 5.85. The van der Waals surface area contributed by atoms with Crippen LogP contribution in [0, 0.1) is 5.41 Å². The van der Waals surface area contributed by atoms with Crippen molar-refractivity contribution in [1.82, 2.24) is 4.90 Å². The first-order valence-electron chi connectivity index (χ1n) is 5.15. The summed E-state index contributed by atoms with van der Waals surface area (Å²) in [7, 11) is 0. The van der Waals surface area contributed by atoms with Gasteiger partial charge in [0, 0.05) is 18.6 Å². The molecule has 2 fully saturated rings. The van der Waals surface area contributed by atoms with E-state index in [1.54, 1.807) is 0 Å². The second kappa shape index (κ2) is 3.35. The highest BCUT2D eigenvalue weighted by Gasteiger charge is 2.40. The van der Waals surface area contributed by atoms with Gasteiger partial charge in [0.1, 0.15) is 0 Å². The summed E-state index contributed by atoms with van der Waals surface area (Å²) in [6.45, 7) is 8.16. The van der Waals surface area contributed by atoms with Gasteiger partial charge in [-0.25, -0.2) is 0 Å². The highest BCUT2D eigenvalue weighted by Crippen LogP contribution is 2.37. The maximum Gasteiger partial charge on any atom is 0.0536 e. The molecule has 0 aromatic rings. The van der Waals surface area contributed by atoms with E-state index in [2.05, 4.69) is 11.8 Å². The van der Waals surface area contributed by atoms with E-state index < -0.39 is 0 Å². The molecule has 0 aliphatic carbocycles. The van der Waals surface area contributed by atoms with Crippen molar-refractivity contribution in [2.45, 2.75) is 26.2 Å². The summed E-state index contributed by atoms with van der Waals surface area (Å²) in [5.41, 5.74) is 0.565. The van der Waals surface area contributed by atoms with Crippen molar-refractivity contribution in [2.24, 2.45) is 5.41 Å². The molecule has 1 spiro atoms. The van der Waals surface area contributed by atoms with Gasteiger partial charge in [-0.2, -0.15) is 0 Å². The molecule has 1 atom stereocenters. The van der Waals surface area contributed by atoms with E-state index in [9.17, 15) is 0 Å². The van der Waals surface area contributed by atoms with Gasteiger partial charge in [0.2, 0.25) is 0 Å². The van der Waals surface area contributed by atoms with E-state index in [4.69, 9.17) is 4.74 Å². The maximum atomic E-state index is 5.48. The zero-order valence-corrected chi connectivity index (χ0v) is 8.01. The molecule has 0 aromatic carbocycles. The van der Waals surface area contributed by atoms with Crippen molar-refractivity contribution < 1.29 is 4.74 Å². The van der Waals surface area contributed by atoms with Crippen LogP contribution in [0.5, 0.6) is 0 Å². The molecule has 12 heavy (non-hydrogen) atoms. The number of hydrogen-bond donors (Lipinski definition) is 0. The van der Waals surface area contributed by atoms with Gasteiger partial charge >= 0.3 is 0 Å². The van der Waals surface area contributed by atoms with Crippen LogP contribution in [0.1, 0.15) is 26.2 Å². The van der Waals surface area contributed by atoms with Gasteiger partial charge < -0.3 is 9.64 Å². The number of hydrogen-bond acceptors (Lipinski definition) is 2. The van der Waals surface area contributed by atoms with E-state index in [1.165, 1.54) is 38.9 Å². The molecule has 2 aliphatic heterocycles. The fourth-order valence-electron chi connectivity index (χ4n) is 2.51. The quantitative estimate of drug-likeness (QED) is 0.621. The number of nitrogens with zero attached hydrogens (tertiary/aromatic N) is 1. The predicted molar refractivity (Wildman–Crippen MR) is 49.2 cm³/mol. The van der Waals surface area contributed by atoms with E-state index in [0.29, 0.717) is 5.41 Å². The van der Waals surface area contributed by atoms with Gasteiger partial charge in [-0.05, 0) is 32.4 Å². The van der Waals surface area contributed by atoms with Gasteiger partial charge in [0.25, 0.3) is 0 Å². The lowest BCUT2D eigenvalue weighted by Crippen LogP contribution is -2.27. The van der Waals surface area contributed by atoms with Crippen LogP contribution in [0.2, 0.25) is 0 Å². The Hall–Kier alpha value is -0.0800. The summed E-state index contributed by atoms with van der Waals surface area (Å²) in [5.74, 6) is 0. The van der Waals surface area contributed by atoms with Crippen molar-refractivity contribution in [1.29, 1.82) is 0 Å². The molecule has 0 aromatic heterocycles. The van der Waals surface area contributed by atoms with E-state index in [0.717, 1.165) is 13.2 Å². The highest BCUT2D eigenvalue weighted by molar-refractivity contribution is 4.92. The Labute approximate surface area is 74.9 Å². The summed E-state index contributed by atoms with van der Waals surface area (Å²) in [5, 5.41) is 0. The first kappa shape index (κ1) is 8.52. The normalized spacial score (nSPS) is 36.8. The second-order valence-corrected chi connectivity index (χ2v) is 4.33. The smallest absolute Gasteiger partial charge is 0.0536 e. The molecule has 2 heteroatoms.